The summed E-state index contributed by atoms with van der Waals surface area (Å²) in [6.45, 7) is 0. The first-order valence-corrected chi connectivity index (χ1v) is 8.18. The van der Waals surface area contributed by atoms with Crippen molar-refractivity contribution in [3.63, 3.8) is 0 Å². The monoisotopic (exact) mass is 351 g/mol. The molecular formula is C18H13Cl2F2N. The number of halogens is 4. The second-order valence-corrected chi connectivity index (χ2v) is 6.76. The molecule has 1 N–H and O–H groups in total. The zero-order chi connectivity index (χ0) is 16.1. The van der Waals surface area contributed by atoms with Gasteiger partial charge in [-0.3, -0.25) is 0 Å². The number of hydrogen-bond donors (Lipinski definition) is 1. The highest BCUT2D eigenvalue weighted by Crippen LogP contribution is 2.51. The molecule has 1 heterocycles. The van der Waals surface area contributed by atoms with Crippen LogP contribution >= 0.6 is 23.2 Å². The summed E-state index contributed by atoms with van der Waals surface area (Å²) in [7, 11) is 0. The maximum Gasteiger partial charge on any atom is 0.149 e. The molecule has 0 fully saturated rings. The molecule has 3 atom stereocenters. The van der Waals surface area contributed by atoms with Gasteiger partial charge in [0.25, 0.3) is 0 Å². The molecule has 0 radical (unpaired) electrons. The minimum atomic E-state index is -0.582. The SMILES string of the molecule is Fc1cc(F)c2c(c1)[C@@H]1C=CC[C@@H]1[C@@H](c1cccc(Cl)c1Cl)N2. The van der Waals surface area contributed by atoms with E-state index in [0.29, 0.717) is 21.3 Å². The van der Waals surface area contributed by atoms with Crippen LogP contribution in [0.5, 0.6) is 0 Å². The largest absolute Gasteiger partial charge is 0.375 e. The van der Waals surface area contributed by atoms with Gasteiger partial charge in [0.15, 0.2) is 0 Å². The molecule has 1 nitrogen and oxygen atoms in total. The lowest BCUT2D eigenvalue weighted by molar-refractivity contribution is 0.418. The van der Waals surface area contributed by atoms with Gasteiger partial charge in [0.2, 0.25) is 0 Å². The molecule has 0 spiro atoms. The topological polar surface area (TPSA) is 12.0 Å². The van der Waals surface area contributed by atoms with E-state index in [1.807, 2.05) is 18.2 Å². The molecule has 0 aromatic heterocycles. The van der Waals surface area contributed by atoms with Gasteiger partial charge in [-0.1, -0.05) is 47.5 Å². The fourth-order valence-corrected chi connectivity index (χ4v) is 4.12. The lowest BCUT2D eigenvalue weighted by Gasteiger charge is -2.38. The maximum absolute atomic E-state index is 14.3. The van der Waals surface area contributed by atoms with Crippen LogP contribution in [0.3, 0.4) is 0 Å². The molecular weight excluding hydrogens is 339 g/mol. The van der Waals surface area contributed by atoms with Gasteiger partial charge in [-0.2, -0.15) is 0 Å². The van der Waals surface area contributed by atoms with E-state index in [2.05, 4.69) is 11.4 Å². The van der Waals surface area contributed by atoms with Crippen molar-refractivity contribution in [3.05, 3.63) is 75.3 Å². The molecule has 2 aliphatic rings. The van der Waals surface area contributed by atoms with Crippen molar-refractivity contribution in [1.82, 2.24) is 0 Å². The highest BCUT2D eigenvalue weighted by atomic mass is 35.5. The van der Waals surface area contributed by atoms with Gasteiger partial charge in [-0.15, -0.1) is 0 Å². The number of hydrogen-bond acceptors (Lipinski definition) is 1. The molecule has 0 bridgehead atoms. The lowest BCUT2D eigenvalue weighted by atomic mass is 9.77. The van der Waals surface area contributed by atoms with Crippen molar-refractivity contribution in [2.45, 2.75) is 18.4 Å². The second kappa shape index (κ2) is 5.50. The van der Waals surface area contributed by atoms with E-state index < -0.39 is 11.6 Å². The molecule has 2 aromatic carbocycles. The molecule has 0 saturated heterocycles. The zero-order valence-electron chi connectivity index (χ0n) is 12.0. The number of anilines is 1. The van der Waals surface area contributed by atoms with Crippen LogP contribution < -0.4 is 5.32 Å². The van der Waals surface area contributed by atoms with Crippen molar-refractivity contribution in [1.29, 1.82) is 0 Å². The van der Waals surface area contributed by atoms with Crippen LogP contribution in [-0.2, 0) is 0 Å². The predicted octanol–water partition coefficient (Wildman–Crippen LogP) is 6.10. The van der Waals surface area contributed by atoms with Crippen molar-refractivity contribution in [2.24, 2.45) is 5.92 Å². The minimum absolute atomic E-state index is 0.0310. The van der Waals surface area contributed by atoms with E-state index in [1.165, 1.54) is 6.07 Å². The van der Waals surface area contributed by atoms with Crippen molar-refractivity contribution < 1.29 is 8.78 Å². The first kappa shape index (κ1) is 15.0. The van der Waals surface area contributed by atoms with Crippen molar-refractivity contribution >= 4 is 28.9 Å². The van der Waals surface area contributed by atoms with E-state index >= 15 is 0 Å². The fraction of sp³-hybridized carbons (Fsp3) is 0.222. The summed E-state index contributed by atoms with van der Waals surface area (Å²) in [6, 6.07) is 7.60. The summed E-state index contributed by atoms with van der Waals surface area (Å²) < 4.78 is 27.9. The summed E-state index contributed by atoms with van der Waals surface area (Å²) in [6.07, 6.45) is 4.90. The Balaban J connectivity index is 1.86. The van der Waals surface area contributed by atoms with Crippen LogP contribution in [-0.4, -0.2) is 0 Å². The lowest BCUT2D eigenvalue weighted by Crippen LogP contribution is -2.30. The van der Waals surface area contributed by atoms with Gasteiger partial charge >= 0.3 is 0 Å². The van der Waals surface area contributed by atoms with Gasteiger partial charge in [-0.25, -0.2) is 8.78 Å². The summed E-state index contributed by atoms with van der Waals surface area (Å²) in [5.41, 5.74) is 1.85. The number of allylic oxidation sites excluding steroid dienone is 2. The van der Waals surface area contributed by atoms with E-state index in [9.17, 15) is 8.78 Å². The third kappa shape index (κ3) is 2.34. The molecule has 5 heteroatoms. The normalized spacial score (nSPS) is 25.0. The Labute approximate surface area is 142 Å². The summed E-state index contributed by atoms with van der Waals surface area (Å²) in [5, 5.41) is 4.17. The quantitative estimate of drug-likeness (QED) is 0.612. The van der Waals surface area contributed by atoms with Crippen LogP contribution in [0.4, 0.5) is 14.5 Å². The summed E-state index contributed by atoms with van der Waals surface area (Å²) >= 11 is 12.5. The third-order valence-corrected chi connectivity index (χ3v) is 5.54. The Morgan fingerprint density at radius 1 is 1.09 bits per heavy atom. The van der Waals surface area contributed by atoms with Crippen molar-refractivity contribution in [2.75, 3.05) is 5.32 Å². The van der Waals surface area contributed by atoms with Gasteiger partial charge in [0.1, 0.15) is 11.6 Å². The maximum atomic E-state index is 14.3. The van der Waals surface area contributed by atoms with Crippen LogP contribution in [0.25, 0.3) is 0 Å². The third-order valence-electron chi connectivity index (χ3n) is 4.70. The Morgan fingerprint density at radius 3 is 2.74 bits per heavy atom. The molecule has 118 valence electrons. The van der Waals surface area contributed by atoms with Crippen LogP contribution in [0.15, 0.2) is 42.5 Å². The Morgan fingerprint density at radius 2 is 1.91 bits per heavy atom. The average molecular weight is 352 g/mol. The molecule has 0 unspecified atom stereocenters. The Kier molecular flexibility index (Phi) is 3.58. The standard InChI is InChI=1S/C18H13Cl2F2N/c19-14-6-2-5-12(16(14)20)17-11-4-1-3-10(11)13-7-9(21)8-15(22)18(13)23-17/h1-3,5-8,10-11,17,23H,4H2/t10-,11+,17+/m1/s1. The second-order valence-electron chi connectivity index (χ2n) is 5.97. The molecule has 0 amide bonds. The van der Waals surface area contributed by atoms with Gasteiger partial charge in [0, 0.05) is 12.0 Å². The van der Waals surface area contributed by atoms with Gasteiger partial charge in [0.05, 0.1) is 21.8 Å². The van der Waals surface area contributed by atoms with Crippen LogP contribution in [0, 0.1) is 17.6 Å². The van der Waals surface area contributed by atoms with Gasteiger partial charge in [-0.05, 0) is 35.6 Å². The number of rotatable bonds is 1. The Hall–Kier alpha value is -1.58. The van der Waals surface area contributed by atoms with E-state index in [1.54, 1.807) is 6.07 Å². The number of benzene rings is 2. The predicted molar refractivity (Wildman–Crippen MR) is 89.2 cm³/mol. The summed E-state index contributed by atoms with van der Waals surface area (Å²) in [5.74, 6) is -1.01. The molecule has 2 aromatic rings. The Bertz CT molecular complexity index is 819. The van der Waals surface area contributed by atoms with Crippen LogP contribution in [0.1, 0.15) is 29.5 Å². The smallest absolute Gasteiger partial charge is 0.149 e. The zero-order valence-corrected chi connectivity index (χ0v) is 13.5. The number of fused-ring (bicyclic) bond motifs is 3. The van der Waals surface area contributed by atoms with E-state index in [4.69, 9.17) is 23.2 Å². The molecule has 1 aliphatic carbocycles. The molecule has 0 saturated carbocycles. The molecule has 23 heavy (non-hydrogen) atoms. The van der Waals surface area contributed by atoms with Crippen LogP contribution in [0.2, 0.25) is 10.0 Å². The van der Waals surface area contributed by atoms with E-state index in [-0.39, 0.29) is 17.9 Å². The molecule has 1 aliphatic heterocycles. The number of nitrogens with one attached hydrogen (secondary N) is 1. The highest BCUT2D eigenvalue weighted by Gasteiger charge is 2.40. The first-order valence-electron chi connectivity index (χ1n) is 7.42. The average Bonchev–Trinajstić information content (AvgIpc) is 3.00. The van der Waals surface area contributed by atoms with E-state index in [0.717, 1.165) is 18.1 Å². The van der Waals surface area contributed by atoms with Crippen molar-refractivity contribution in [3.8, 4) is 0 Å². The first-order chi connectivity index (χ1) is 11.1. The fourth-order valence-electron chi connectivity index (χ4n) is 3.69. The summed E-state index contributed by atoms with van der Waals surface area (Å²) in [4.78, 5) is 0. The minimum Gasteiger partial charge on any atom is -0.375 e. The highest BCUT2D eigenvalue weighted by molar-refractivity contribution is 6.42. The molecule has 4 rings (SSSR count). The van der Waals surface area contributed by atoms with Gasteiger partial charge < -0.3 is 5.32 Å².